The summed E-state index contributed by atoms with van der Waals surface area (Å²) in [6.07, 6.45) is 4.74. The number of ether oxygens (including phenoxy) is 4. The molecule has 338 valence electrons. The van der Waals surface area contributed by atoms with Crippen molar-refractivity contribution in [2.75, 3.05) is 30.1 Å². The van der Waals surface area contributed by atoms with E-state index in [1.165, 1.54) is 25.3 Å². The summed E-state index contributed by atoms with van der Waals surface area (Å²) < 4.78 is 61.1. The van der Waals surface area contributed by atoms with Crippen molar-refractivity contribution in [3.05, 3.63) is 166 Å². The minimum absolute atomic E-state index is 0.0761. The molecule has 3 atom stereocenters. The van der Waals surface area contributed by atoms with Crippen LogP contribution in [0.1, 0.15) is 97.5 Å². The molecule has 0 aromatic heterocycles. The number of rotatable bonds is 19. The number of aryl methyl sites for hydroxylation is 3. The monoisotopic (exact) mass is 891 g/mol. The number of carbonyl (C=O) groups excluding carboxylic acids is 2. The normalized spacial score (nSPS) is 18.5. The number of benzene rings is 5. The molecule has 2 saturated heterocycles. The molecule has 10 nitrogen and oxygen atoms in total. The molecule has 5 aromatic carbocycles. The average molecular weight is 892 g/mol. The van der Waals surface area contributed by atoms with E-state index in [9.17, 15) is 27.5 Å². The van der Waals surface area contributed by atoms with Crippen molar-refractivity contribution in [1.82, 2.24) is 0 Å². The van der Waals surface area contributed by atoms with Crippen LogP contribution in [0.2, 0.25) is 0 Å². The Morgan fingerprint density at radius 3 is 2.11 bits per heavy atom. The Hall–Kier alpha value is -5.40. The lowest BCUT2D eigenvalue weighted by molar-refractivity contribution is -0.305. The highest BCUT2D eigenvalue weighted by Gasteiger charge is 2.50. The van der Waals surface area contributed by atoms with E-state index in [0.29, 0.717) is 50.0 Å². The SMILES string of the molecule is CC(=O)O[C@H](CC[C@H]1C(=O)N(c2ccc(CCCCS(C)(=O)=O)cc2)[C@@H]1c1ccc(CCc2ccc(C3(O)COC(C)(C)OC3)cc2)cc1OCc1ccccc1)c1ccc(F)cc1. The van der Waals surface area contributed by atoms with Gasteiger partial charge < -0.3 is 29.0 Å². The molecule has 0 aliphatic carbocycles. The van der Waals surface area contributed by atoms with Crippen LogP contribution in [-0.4, -0.2) is 56.4 Å². The zero-order valence-corrected chi connectivity index (χ0v) is 37.8. The maximum absolute atomic E-state index is 14.4. The first-order valence-electron chi connectivity index (χ1n) is 22.0. The number of amides is 1. The Balaban J connectivity index is 1.16. The van der Waals surface area contributed by atoms with Crippen molar-refractivity contribution in [3.8, 4) is 5.75 Å². The predicted octanol–water partition coefficient (Wildman–Crippen LogP) is 9.32. The van der Waals surface area contributed by atoms with E-state index in [1.807, 2.05) is 92.7 Å². The summed E-state index contributed by atoms with van der Waals surface area (Å²) in [5.74, 6) is -1.37. The standard InChI is InChI=1S/C52H58FNO9S/c1-36(55)63-47(41-20-24-43(53)25-21-41)30-29-46-49(54(50(46)56)44-26-17-37(18-27-44)10-8-9-31-64(4,58)59)45-28-19-39(32-48(45)60-33-40-11-6-5-7-12-40)14-13-38-15-22-42(23-16-38)52(57)34-61-51(2,3)62-35-52/h5-7,11-12,15-28,32,46-47,49,57H,8-10,13-14,29-31,33-35H2,1-4H3/t46-,47-,49-/m1/s1. The van der Waals surface area contributed by atoms with Crippen LogP contribution in [0.3, 0.4) is 0 Å². The van der Waals surface area contributed by atoms with Gasteiger partial charge in [-0.1, -0.05) is 91.0 Å². The number of nitrogens with zero attached hydrogens (tertiary/aromatic N) is 1. The van der Waals surface area contributed by atoms with Crippen LogP contribution in [0.4, 0.5) is 10.1 Å². The van der Waals surface area contributed by atoms with E-state index >= 15 is 0 Å². The van der Waals surface area contributed by atoms with Crippen molar-refractivity contribution in [3.63, 3.8) is 0 Å². The fourth-order valence-corrected chi connectivity index (χ4v) is 9.17. The summed E-state index contributed by atoms with van der Waals surface area (Å²) in [6, 6.07) is 37.3. The van der Waals surface area contributed by atoms with Crippen molar-refractivity contribution in [1.29, 1.82) is 0 Å². The van der Waals surface area contributed by atoms with Crippen LogP contribution in [0.25, 0.3) is 0 Å². The molecular weight excluding hydrogens is 834 g/mol. The number of aliphatic hydroxyl groups is 1. The molecule has 12 heteroatoms. The number of carbonyl (C=O) groups is 2. The summed E-state index contributed by atoms with van der Waals surface area (Å²) >= 11 is 0. The third-order valence-corrected chi connectivity index (χ3v) is 13.1. The number of hydrogen-bond acceptors (Lipinski definition) is 9. The molecule has 2 fully saturated rings. The van der Waals surface area contributed by atoms with Gasteiger partial charge in [-0.25, -0.2) is 12.8 Å². The third-order valence-electron chi connectivity index (χ3n) is 12.1. The Labute approximate surface area is 376 Å². The number of unbranched alkanes of at least 4 members (excludes halogenated alkanes) is 1. The van der Waals surface area contributed by atoms with Crippen molar-refractivity contribution >= 4 is 27.4 Å². The first-order valence-corrected chi connectivity index (χ1v) is 24.0. The molecule has 0 radical (unpaired) electrons. The van der Waals surface area contributed by atoms with Crippen molar-refractivity contribution in [2.24, 2.45) is 5.92 Å². The zero-order chi connectivity index (χ0) is 45.5. The minimum atomic E-state index is -3.03. The van der Waals surface area contributed by atoms with Crippen LogP contribution >= 0.6 is 0 Å². The number of hydrogen-bond donors (Lipinski definition) is 1. The van der Waals surface area contributed by atoms with Gasteiger partial charge in [0.1, 0.15) is 39.7 Å². The molecule has 0 bridgehead atoms. The summed E-state index contributed by atoms with van der Waals surface area (Å²) in [6.45, 7) is 5.59. The molecular formula is C52H58FNO9S. The number of β-lactam (4-membered cyclic amide) rings is 1. The Morgan fingerprint density at radius 2 is 1.45 bits per heavy atom. The van der Waals surface area contributed by atoms with E-state index in [0.717, 1.165) is 51.9 Å². The fourth-order valence-electron chi connectivity index (χ4n) is 8.44. The molecule has 2 aliphatic rings. The fraction of sp³-hybridized carbons (Fsp3) is 0.385. The van der Waals surface area contributed by atoms with E-state index < -0.39 is 51.1 Å². The van der Waals surface area contributed by atoms with Crippen LogP contribution in [0, 0.1) is 11.7 Å². The second kappa shape index (κ2) is 20.2. The lowest BCUT2D eigenvalue weighted by Gasteiger charge is -2.48. The van der Waals surface area contributed by atoms with E-state index in [2.05, 4.69) is 18.2 Å². The molecule has 2 heterocycles. The van der Waals surface area contributed by atoms with E-state index in [1.54, 1.807) is 17.0 Å². The maximum atomic E-state index is 14.4. The lowest BCUT2D eigenvalue weighted by atomic mass is 9.77. The topological polar surface area (TPSA) is 129 Å². The van der Waals surface area contributed by atoms with Crippen molar-refractivity contribution in [2.45, 2.75) is 95.9 Å². The van der Waals surface area contributed by atoms with Gasteiger partial charge in [0.25, 0.3) is 0 Å². The van der Waals surface area contributed by atoms with Gasteiger partial charge in [0, 0.05) is 30.2 Å². The number of sulfone groups is 1. The quantitative estimate of drug-likeness (QED) is 0.0490. The highest BCUT2D eigenvalue weighted by atomic mass is 32.2. The molecule has 2 aliphatic heterocycles. The average Bonchev–Trinajstić information content (AvgIpc) is 3.27. The van der Waals surface area contributed by atoms with E-state index in [4.69, 9.17) is 18.9 Å². The summed E-state index contributed by atoms with van der Waals surface area (Å²) in [7, 11) is -3.03. The second-order valence-electron chi connectivity index (χ2n) is 17.6. The molecule has 1 N–H and O–H groups in total. The maximum Gasteiger partial charge on any atom is 0.303 e. The van der Waals surface area contributed by atoms with Crippen LogP contribution in [0.15, 0.2) is 121 Å². The van der Waals surface area contributed by atoms with Crippen LogP contribution in [-0.2, 0) is 65.1 Å². The van der Waals surface area contributed by atoms with Gasteiger partial charge in [-0.15, -0.1) is 0 Å². The molecule has 64 heavy (non-hydrogen) atoms. The van der Waals surface area contributed by atoms with Gasteiger partial charge in [0.2, 0.25) is 5.91 Å². The summed E-state index contributed by atoms with van der Waals surface area (Å²) in [5, 5.41) is 11.3. The van der Waals surface area contributed by atoms with Crippen LogP contribution < -0.4 is 9.64 Å². The molecule has 0 spiro atoms. The highest BCUT2D eigenvalue weighted by molar-refractivity contribution is 7.90. The largest absolute Gasteiger partial charge is 0.489 e. The number of anilines is 1. The van der Waals surface area contributed by atoms with Gasteiger partial charge in [0.15, 0.2) is 5.79 Å². The molecule has 0 unspecified atom stereocenters. The Morgan fingerprint density at radius 1 is 0.828 bits per heavy atom. The first-order chi connectivity index (χ1) is 30.6. The molecule has 1 amide bonds. The van der Waals surface area contributed by atoms with E-state index in [-0.39, 0.29) is 24.9 Å². The predicted molar refractivity (Wildman–Crippen MR) is 244 cm³/mol. The second-order valence-corrected chi connectivity index (χ2v) is 19.9. The lowest BCUT2D eigenvalue weighted by Crippen LogP contribution is -2.55. The van der Waals surface area contributed by atoms with Gasteiger partial charge in [-0.05, 0) is 123 Å². The Bertz CT molecular complexity index is 2470. The Kier molecular flexibility index (Phi) is 14.7. The molecule has 5 aromatic rings. The third kappa shape index (κ3) is 12.0. The summed E-state index contributed by atoms with van der Waals surface area (Å²) in [5.41, 5.74) is 5.90. The number of halogens is 1. The number of esters is 1. The van der Waals surface area contributed by atoms with Crippen molar-refractivity contribution < 1.29 is 46.5 Å². The zero-order valence-electron chi connectivity index (χ0n) is 37.0. The van der Waals surface area contributed by atoms with Gasteiger partial charge in [-0.2, -0.15) is 0 Å². The minimum Gasteiger partial charge on any atom is -0.489 e. The van der Waals surface area contributed by atoms with Crippen LogP contribution in [0.5, 0.6) is 5.75 Å². The van der Waals surface area contributed by atoms with Gasteiger partial charge in [0.05, 0.1) is 25.2 Å². The molecule has 0 saturated carbocycles. The smallest absolute Gasteiger partial charge is 0.303 e. The first kappa shape index (κ1) is 46.6. The van der Waals surface area contributed by atoms with Gasteiger partial charge >= 0.3 is 5.97 Å². The summed E-state index contributed by atoms with van der Waals surface area (Å²) in [4.78, 5) is 28.4. The molecule has 7 rings (SSSR count). The van der Waals surface area contributed by atoms with Gasteiger partial charge in [-0.3, -0.25) is 9.59 Å². The highest BCUT2D eigenvalue weighted by Crippen LogP contribution is 2.49.